The average Bonchev–Trinajstić information content (AvgIpc) is 3.51. The molecule has 0 bridgehead atoms. The molecule has 1 saturated heterocycles. The zero-order valence-electron chi connectivity index (χ0n) is 19.1. The third-order valence-electron chi connectivity index (χ3n) is 7.50. The quantitative estimate of drug-likeness (QED) is 0.644. The van der Waals surface area contributed by atoms with Gasteiger partial charge in [0.2, 0.25) is 5.91 Å². The van der Waals surface area contributed by atoms with Gasteiger partial charge in [0.05, 0.1) is 5.41 Å². The highest BCUT2D eigenvalue weighted by atomic mass is 35.5. The maximum Gasteiger partial charge on any atom is 0.238 e. The summed E-state index contributed by atoms with van der Waals surface area (Å²) in [7, 11) is 4.26. The number of fused-ring (bicyclic) bond motifs is 2. The fourth-order valence-electron chi connectivity index (χ4n) is 5.49. The van der Waals surface area contributed by atoms with E-state index >= 15 is 0 Å². The molecule has 6 heteroatoms. The molecule has 0 aromatic heterocycles. The standard InChI is InChI=1S/C26H33ClN4O/c1-28(2)11-12-29-13-15-30(16-14-29)17-18-31-24-6-4-3-5-22(24)26(25(31)32)19-23(26)20-7-9-21(27)10-8-20/h3-10,23H,11-19H2,1-2H3/t23-,26?/m1/s1. The number of para-hydroxylation sites is 1. The number of piperazine rings is 1. The first-order valence-electron chi connectivity index (χ1n) is 11.8. The van der Waals surface area contributed by atoms with Crippen LogP contribution in [0.5, 0.6) is 0 Å². The molecule has 170 valence electrons. The normalized spacial score (nSPS) is 25.7. The number of hydrogen-bond acceptors (Lipinski definition) is 4. The molecule has 1 unspecified atom stereocenters. The fourth-order valence-corrected chi connectivity index (χ4v) is 5.61. The molecular formula is C26H33ClN4O. The van der Waals surface area contributed by atoms with Gasteiger partial charge >= 0.3 is 0 Å². The minimum Gasteiger partial charge on any atom is -0.310 e. The fraction of sp³-hybridized carbons (Fsp3) is 0.500. The van der Waals surface area contributed by atoms with Crippen LogP contribution in [-0.2, 0) is 10.2 Å². The van der Waals surface area contributed by atoms with Crippen molar-refractivity contribution in [1.82, 2.24) is 14.7 Å². The number of anilines is 1. The van der Waals surface area contributed by atoms with Crippen molar-refractivity contribution < 1.29 is 4.79 Å². The molecule has 1 saturated carbocycles. The maximum absolute atomic E-state index is 13.7. The van der Waals surface area contributed by atoms with E-state index in [9.17, 15) is 4.79 Å². The van der Waals surface area contributed by atoms with Gasteiger partial charge in [-0.05, 0) is 49.8 Å². The first kappa shape index (κ1) is 21.9. The zero-order chi connectivity index (χ0) is 22.3. The second kappa shape index (κ2) is 8.79. The smallest absolute Gasteiger partial charge is 0.238 e. The number of rotatable bonds is 7. The van der Waals surface area contributed by atoms with Gasteiger partial charge in [-0.3, -0.25) is 14.6 Å². The van der Waals surface area contributed by atoms with E-state index in [4.69, 9.17) is 11.6 Å². The third-order valence-corrected chi connectivity index (χ3v) is 7.76. The van der Waals surface area contributed by atoms with Crippen LogP contribution >= 0.6 is 11.6 Å². The van der Waals surface area contributed by atoms with E-state index in [1.54, 1.807) is 0 Å². The SMILES string of the molecule is CN(C)CCN1CCN(CCN2C(=O)C3(C[C@@H]3c3ccc(Cl)cc3)c3ccccc32)CC1. The Bertz CT molecular complexity index is 970. The van der Waals surface area contributed by atoms with E-state index in [0.717, 1.165) is 69.5 Å². The van der Waals surface area contributed by atoms with Gasteiger partial charge in [-0.2, -0.15) is 0 Å². The predicted octanol–water partition coefficient (Wildman–Crippen LogP) is 3.29. The predicted molar refractivity (Wildman–Crippen MR) is 131 cm³/mol. The Morgan fingerprint density at radius 1 is 0.938 bits per heavy atom. The van der Waals surface area contributed by atoms with Gasteiger partial charge in [-0.15, -0.1) is 0 Å². The molecule has 3 aliphatic rings. The van der Waals surface area contributed by atoms with Gasteiger partial charge < -0.3 is 9.80 Å². The Kier molecular flexibility index (Phi) is 6.01. The molecule has 2 heterocycles. The van der Waals surface area contributed by atoms with E-state index in [2.05, 4.69) is 70.1 Å². The van der Waals surface area contributed by atoms with Gasteiger partial charge in [0.1, 0.15) is 0 Å². The Labute approximate surface area is 196 Å². The summed E-state index contributed by atoms with van der Waals surface area (Å²) in [5, 5.41) is 0.741. The summed E-state index contributed by atoms with van der Waals surface area (Å²) >= 11 is 6.09. The number of carbonyl (C=O) groups excluding carboxylic acids is 1. The molecule has 5 nitrogen and oxygen atoms in total. The van der Waals surface area contributed by atoms with Gasteiger partial charge in [0.15, 0.2) is 0 Å². The van der Waals surface area contributed by atoms with Gasteiger partial charge in [0.25, 0.3) is 0 Å². The van der Waals surface area contributed by atoms with Crippen molar-refractivity contribution in [3.05, 3.63) is 64.7 Å². The number of carbonyl (C=O) groups is 1. The summed E-state index contributed by atoms with van der Waals surface area (Å²) in [5.41, 5.74) is 3.15. The molecule has 2 fully saturated rings. The van der Waals surface area contributed by atoms with Crippen LogP contribution < -0.4 is 4.90 Å². The van der Waals surface area contributed by atoms with E-state index in [0.29, 0.717) is 0 Å². The van der Waals surface area contributed by atoms with Crippen molar-refractivity contribution in [3.8, 4) is 0 Å². The summed E-state index contributed by atoms with van der Waals surface area (Å²) in [4.78, 5) is 23.1. The molecule has 1 spiro atoms. The van der Waals surface area contributed by atoms with Crippen LogP contribution in [0.2, 0.25) is 5.02 Å². The van der Waals surface area contributed by atoms with Crippen molar-refractivity contribution in [1.29, 1.82) is 0 Å². The van der Waals surface area contributed by atoms with Crippen LogP contribution in [0.3, 0.4) is 0 Å². The highest BCUT2D eigenvalue weighted by Crippen LogP contribution is 2.66. The molecule has 2 aromatic carbocycles. The highest BCUT2D eigenvalue weighted by Gasteiger charge is 2.66. The van der Waals surface area contributed by atoms with Crippen LogP contribution in [0.1, 0.15) is 23.5 Å². The topological polar surface area (TPSA) is 30.0 Å². The monoisotopic (exact) mass is 452 g/mol. The summed E-state index contributed by atoms with van der Waals surface area (Å²) in [5.74, 6) is 0.530. The first-order chi connectivity index (χ1) is 15.5. The average molecular weight is 453 g/mol. The molecule has 0 radical (unpaired) electrons. The second-order valence-electron chi connectivity index (χ2n) is 9.74. The number of likely N-dealkylation sites (N-methyl/N-ethyl adjacent to an activating group) is 1. The Morgan fingerprint density at radius 2 is 1.59 bits per heavy atom. The minimum absolute atomic E-state index is 0.249. The van der Waals surface area contributed by atoms with Crippen molar-refractivity contribution >= 4 is 23.2 Å². The van der Waals surface area contributed by atoms with Gasteiger partial charge in [0, 0.05) is 69.0 Å². The van der Waals surface area contributed by atoms with E-state index in [-0.39, 0.29) is 17.2 Å². The number of amides is 1. The molecular weight excluding hydrogens is 420 g/mol. The van der Waals surface area contributed by atoms with Crippen molar-refractivity contribution in [2.24, 2.45) is 0 Å². The second-order valence-corrected chi connectivity index (χ2v) is 10.2. The zero-order valence-corrected chi connectivity index (χ0v) is 19.9. The molecule has 2 atom stereocenters. The van der Waals surface area contributed by atoms with Crippen LogP contribution in [0.25, 0.3) is 0 Å². The largest absolute Gasteiger partial charge is 0.310 e. The van der Waals surface area contributed by atoms with Crippen molar-refractivity contribution in [3.63, 3.8) is 0 Å². The van der Waals surface area contributed by atoms with E-state index < -0.39 is 0 Å². The lowest BCUT2D eigenvalue weighted by molar-refractivity contribution is -0.120. The Hall–Kier alpha value is -1.92. The van der Waals surface area contributed by atoms with Gasteiger partial charge in [-0.25, -0.2) is 0 Å². The lowest BCUT2D eigenvalue weighted by atomic mass is 9.92. The third kappa shape index (κ3) is 3.96. The number of nitrogens with zero attached hydrogens (tertiary/aromatic N) is 4. The van der Waals surface area contributed by atoms with Gasteiger partial charge in [-0.1, -0.05) is 41.9 Å². The molecule has 2 aromatic rings. The Morgan fingerprint density at radius 3 is 2.28 bits per heavy atom. The Balaban J connectivity index is 1.24. The lowest BCUT2D eigenvalue weighted by Gasteiger charge is -2.36. The molecule has 2 aliphatic heterocycles. The maximum atomic E-state index is 13.7. The van der Waals surface area contributed by atoms with E-state index in [1.165, 1.54) is 11.1 Å². The number of hydrogen-bond donors (Lipinski definition) is 0. The first-order valence-corrected chi connectivity index (χ1v) is 12.1. The number of halogens is 1. The van der Waals surface area contributed by atoms with Crippen LogP contribution in [0.15, 0.2) is 48.5 Å². The van der Waals surface area contributed by atoms with Crippen molar-refractivity contribution in [2.45, 2.75) is 17.8 Å². The highest BCUT2D eigenvalue weighted by molar-refractivity contribution is 6.30. The van der Waals surface area contributed by atoms with E-state index in [1.807, 2.05) is 12.1 Å². The number of benzene rings is 2. The van der Waals surface area contributed by atoms with Crippen LogP contribution in [0.4, 0.5) is 5.69 Å². The molecule has 32 heavy (non-hydrogen) atoms. The van der Waals surface area contributed by atoms with Crippen LogP contribution in [0, 0.1) is 0 Å². The minimum atomic E-state index is -0.380. The summed E-state index contributed by atoms with van der Waals surface area (Å²) in [6.45, 7) is 8.32. The van der Waals surface area contributed by atoms with Crippen molar-refractivity contribution in [2.75, 3.05) is 71.4 Å². The summed E-state index contributed by atoms with van der Waals surface area (Å²) in [6, 6.07) is 16.4. The molecule has 0 N–H and O–H groups in total. The lowest BCUT2D eigenvalue weighted by Crippen LogP contribution is -2.50. The summed E-state index contributed by atoms with van der Waals surface area (Å²) < 4.78 is 0. The molecule has 5 rings (SSSR count). The molecule has 1 aliphatic carbocycles. The molecule has 1 amide bonds. The summed E-state index contributed by atoms with van der Waals surface area (Å²) in [6.07, 6.45) is 0.894. The van der Waals surface area contributed by atoms with Crippen LogP contribution in [-0.4, -0.2) is 87.1 Å².